The summed E-state index contributed by atoms with van der Waals surface area (Å²) in [5.74, 6) is 0.737. The maximum atomic E-state index is 4.42. The quantitative estimate of drug-likeness (QED) is 0.536. The molecule has 0 aliphatic heterocycles. The van der Waals surface area contributed by atoms with Gasteiger partial charge in [0.05, 0.1) is 25.0 Å². The molecule has 6 heteroatoms. The zero-order chi connectivity index (χ0) is 17.3. The highest BCUT2D eigenvalue weighted by atomic mass is 15.3. The number of benzene rings is 1. The molecule has 6 nitrogen and oxygen atoms in total. The van der Waals surface area contributed by atoms with Gasteiger partial charge in [0.25, 0.3) is 0 Å². The molecule has 0 bridgehead atoms. The second-order valence-electron chi connectivity index (χ2n) is 5.63. The molecule has 3 aromatic rings. The van der Waals surface area contributed by atoms with E-state index in [4.69, 9.17) is 0 Å². The van der Waals surface area contributed by atoms with Crippen LogP contribution in [0.4, 0.5) is 0 Å². The Morgan fingerprint density at radius 2 is 1.80 bits per heavy atom. The van der Waals surface area contributed by atoms with Gasteiger partial charge in [-0.1, -0.05) is 36.4 Å². The molecule has 2 N–H and O–H groups in total. The van der Waals surface area contributed by atoms with Gasteiger partial charge in [-0.3, -0.25) is 14.7 Å². The lowest BCUT2D eigenvalue weighted by atomic mass is 10.2. The fourth-order valence-electron chi connectivity index (χ4n) is 2.44. The molecule has 0 amide bonds. The first-order chi connectivity index (χ1) is 12.3. The van der Waals surface area contributed by atoms with Crippen LogP contribution in [0.15, 0.2) is 72.1 Å². The van der Waals surface area contributed by atoms with Gasteiger partial charge in [0.2, 0.25) is 0 Å². The molecule has 0 fully saturated rings. The lowest BCUT2D eigenvalue weighted by Crippen LogP contribution is -2.36. The van der Waals surface area contributed by atoms with Crippen LogP contribution in [0.25, 0.3) is 0 Å². The van der Waals surface area contributed by atoms with E-state index in [1.54, 1.807) is 13.2 Å². The van der Waals surface area contributed by atoms with Crippen molar-refractivity contribution >= 4 is 5.96 Å². The van der Waals surface area contributed by atoms with Crippen LogP contribution in [0.1, 0.15) is 16.8 Å². The number of hydrogen-bond acceptors (Lipinski definition) is 3. The maximum absolute atomic E-state index is 4.42. The molecular weight excluding hydrogens is 312 g/mol. The molecular formula is C19H22N6. The Morgan fingerprint density at radius 3 is 2.56 bits per heavy atom. The number of nitrogens with one attached hydrogen (secondary N) is 2. The van der Waals surface area contributed by atoms with E-state index in [0.717, 1.165) is 23.8 Å². The van der Waals surface area contributed by atoms with E-state index in [-0.39, 0.29) is 0 Å². The van der Waals surface area contributed by atoms with Crippen molar-refractivity contribution in [2.24, 2.45) is 4.99 Å². The second kappa shape index (κ2) is 8.63. The molecule has 0 aliphatic carbocycles. The average molecular weight is 334 g/mol. The van der Waals surface area contributed by atoms with E-state index in [1.165, 1.54) is 5.56 Å². The Hall–Kier alpha value is -3.15. The Bertz CT molecular complexity index is 795. The van der Waals surface area contributed by atoms with Crippen LogP contribution in [0.3, 0.4) is 0 Å². The number of nitrogens with zero attached hydrogens (tertiary/aromatic N) is 4. The summed E-state index contributed by atoms with van der Waals surface area (Å²) in [5.41, 5.74) is 3.32. The smallest absolute Gasteiger partial charge is 0.191 e. The van der Waals surface area contributed by atoms with Gasteiger partial charge in [-0.25, -0.2) is 0 Å². The predicted molar refractivity (Wildman–Crippen MR) is 99.0 cm³/mol. The zero-order valence-corrected chi connectivity index (χ0v) is 14.3. The number of rotatable bonds is 6. The highest BCUT2D eigenvalue weighted by Gasteiger charge is 2.02. The van der Waals surface area contributed by atoms with Crippen molar-refractivity contribution in [3.63, 3.8) is 0 Å². The fourth-order valence-corrected chi connectivity index (χ4v) is 2.44. The van der Waals surface area contributed by atoms with Crippen molar-refractivity contribution in [2.75, 3.05) is 7.05 Å². The summed E-state index contributed by atoms with van der Waals surface area (Å²) in [4.78, 5) is 8.52. The van der Waals surface area contributed by atoms with Crippen LogP contribution in [0, 0.1) is 0 Å². The van der Waals surface area contributed by atoms with Crippen molar-refractivity contribution in [3.8, 4) is 0 Å². The number of hydrogen-bond donors (Lipinski definition) is 2. The molecule has 0 saturated heterocycles. The van der Waals surface area contributed by atoms with Crippen LogP contribution in [0.5, 0.6) is 0 Å². The Morgan fingerprint density at radius 1 is 1.00 bits per heavy atom. The van der Waals surface area contributed by atoms with Gasteiger partial charge < -0.3 is 10.6 Å². The normalized spacial score (nSPS) is 11.3. The van der Waals surface area contributed by atoms with Crippen LogP contribution in [0.2, 0.25) is 0 Å². The molecule has 2 heterocycles. The van der Waals surface area contributed by atoms with Crippen molar-refractivity contribution in [3.05, 3.63) is 83.9 Å². The summed E-state index contributed by atoms with van der Waals surface area (Å²) in [6.45, 7) is 2.07. The Labute approximate surface area is 147 Å². The molecule has 128 valence electrons. The number of pyridine rings is 1. The molecule has 0 spiro atoms. The summed E-state index contributed by atoms with van der Waals surface area (Å²) in [6, 6.07) is 16.2. The maximum Gasteiger partial charge on any atom is 0.191 e. The molecule has 0 aliphatic rings. The van der Waals surface area contributed by atoms with Gasteiger partial charge in [-0.15, -0.1) is 0 Å². The molecule has 25 heavy (non-hydrogen) atoms. The molecule has 0 radical (unpaired) electrons. The van der Waals surface area contributed by atoms with Crippen LogP contribution in [-0.2, 0) is 19.6 Å². The van der Waals surface area contributed by atoms with Crippen molar-refractivity contribution in [2.45, 2.75) is 19.6 Å². The first kappa shape index (κ1) is 16.7. The van der Waals surface area contributed by atoms with Gasteiger partial charge in [0.15, 0.2) is 5.96 Å². The highest BCUT2D eigenvalue weighted by Crippen LogP contribution is 2.04. The topological polar surface area (TPSA) is 67.1 Å². The van der Waals surface area contributed by atoms with Crippen LogP contribution >= 0.6 is 0 Å². The van der Waals surface area contributed by atoms with E-state index in [0.29, 0.717) is 13.1 Å². The SMILES string of the molecule is CN=C(NCc1cnn(Cc2ccccc2)c1)NCc1ccccn1. The number of aliphatic imine (C=N–C) groups is 1. The summed E-state index contributed by atoms with van der Waals surface area (Å²) in [7, 11) is 1.76. The van der Waals surface area contributed by atoms with Crippen molar-refractivity contribution in [1.82, 2.24) is 25.4 Å². The van der Waals surface area contributed by atoms with Crippen molar-refractivity contribution in [1.29, 1.82) is 0 Å². The average Bonchev–Trinajstić information content (AvgIpc) is 3.11. The molecule has 1 aromatic carbocycles. The van der Waals surface area contributed by atoms with Crippen molar-refractivity contribution < 1.29 is 0 Å². The Balaban J connectivity index is 1.49. The van der Waals surface area contributed by atoms with Crippen LogP contribution < -0.4 is 10.6 Å². The Kier molecular flexibility index (Phi) is 5.77. The number of guanidine groups is 1. The fraction of sp³-hybridized carbons (Fsp3) is 0.211. The van der Waals surface area contributed by atoms with E-state index in [9.17, 15) is 0 Å². The van der Waals surface area contributed by atoms with Gasteiger partial charge in [-0.05, 0) is 17.7 Å². The van der Waals surface area contributed by atoms with Gasteiger partial charge in [0, 0.05) is 31.5 Å². The predicted octanol–water partition coefficient (Wildman–Crippen LogP) is 2.19. The molecule has 0 unspecified atom stereocenters. The first-order valence-electron chi connectivity index (χ1n) is 8.23. The van der Waals surface area contributed by atoms with Gasteiger partial charge >= 0.3 is 0 Å². The van der Waals surface area contributed by atoms with Crippen LogP contribution in [-0.4, -0.2) is 27.8 Å². The third kappa shape index (κ3) is 5.17. The van der Waals surface area contributed by atoms with E-state index in [2.05, 4.69) is 37.8 Å². The monoisotopic (exact) mass is 334 g/mol. The van der Waals surface area contributed by atoms with E-state index >= 15 is 0 Å². The van der Waals surface area contributed by atoms with Gasteiger partial charge in [-0.2, -0.15) is 5.10 Å². The molecule has 0 atom stereocenters. The molecule has 3 rings (SSSR count). The highest BCUT2D eigenvalue weighted by molar-refractivity contribution is 5.79. The second-order valence-corrected chi connectivity index (χ2v) is 5.63. The molecule has 2 aromatic heterocycles. The standard InChI is InChI=1S/C19H22N6/c1-20-19(23-13-18-9-5-6-10-21-18)22-11-17-12-24-25(15-17)14-16-7-3-2-4-8-16/h2-10,12,15H,11,13-14H2,1H3,(H2,20,22,23). The zero-order valence-electron chi connectivity index (χ0n) is 14.3. The van der Waals surface area contributed by atoms with E-state index < -0.39 is 0 Å². The third-order valence-corrected chi connectivity index (χ3v) is 3.72. The third-order valence-electron chi connectivity index (χ3n) is 3.72. The lowest BCUT2D eigenvalue weighted by molar-refractivity contribution is 0.685. The molecule has 0 saturated carbocycles. The first-order valence-corrected chi connectivity index (χ1v) is 8.23. The summed E-state index contributed by atoms with van der Waals surface area (Å²) in [6.07, 6.45) is 5.71. The summed E-state index contributed by atoms with van der Waals surface area (Å²) in [5, 5.41) is 11.0. The van der Waals surface area contributed by atoms with Gasteiger partial charge in [0.1, 0.15) is 0 Å². The minimum atomic E-state index is 0.633. The lowest BCUT2D eigenvalue weighted by Gasteiger charge is -2.10. The number of aromatic nitrogens is 3. The minimum Gasteiger partial charge on any atom is -0.352 e. The van der Waals surface area contributed by atoms with E-state index in [1.807, 2.05) is 53.5 Å². The largest absolute Gasteiger partial charge is 0.352 e. The summed E-state index contributed by atoms with van der Waals surface area (Å²) >= 11 is 0. The summed E-state index contributed by atoms with van der Waals surface area (Å²) < 4.78 is 1.94. The minimum absolute atomic E-state index is 0.633.